The molecule has 0 aromatic heterocycles. The fourth-order valence-electron chi connectivity index (χ4n) is 0.896. The lowest BCUT2D eigenvalue weighted by molar-refractivity contribution is -0.137. The first-order valence-electron chi connectivity index (χ1n) is 3.43. The van der Waals surface area contributed by atoms with E-state index in [1.807, 2.05) is 0 Å². The number of carbonyl (C=O) groups excluding carboxylic acids is 2. The Morgan fingerprint density at radius 2 is 1.83 bits per heavy atom. The largest absolute Gasteiger partial charge is 0.481 e. The second-order valence-electron chi connectivity index (χ2n) is 2.43. The van der Waals surface area contributed by atoms with E-state index in [2.05, 4.69) is 10.6 Å². The maximum atomic E-state index is 10.6. The Balaban J connectivity index is 2.33. The third kappa shape index (κ3) is 1.94. The molecule has 12 heavy (non-hydrogen) atoms. The molecule has 1 saturated heterocycles. The SMILES string of the molecule is O=C(O)CCC1NC(=O)C(=O)N1. The lowest BCUT2D eigenvalue weighted by Crippen LogP contribution is -2.32. The molecule has 6 heteroatoms. The van der Waals surface area contributed by atoms with Crippen LogP contribution in [0, 0.1) is 0 Å². The molecule has 1 aliphatic rings. The second kappa shape index (κ2) is 3.21. The molecule has 3 N–H and O–H groups in total. The number of carbonyl (C=O) groups is 3. The van der Waals surface area contributed by atoms with E-state index in [9.17, 15) is 14.4 Å². The van der Waals surface area contributed by atoms with Crippen LogP contribution in [0.25, 0.3) is 0 Å². The Kier molecular flexibility index (Phi) is 2.27. The minimum Gasteiger partial charge on any atom is -0.481 e. The molecule has 0 aromatic carbocycles. The van der Waals surface area contributed by atoms with E-state index in [1.165, 1.54) is 0 Å². The van der Waals surface area contributed by atoms with Crippen LogP contribution in [0.15, 0.2) is 0 Å². The number of amides is 2. The number of aliphatic carboxylic acids is 1. The Labute approximate surface area is 67.9 Å². The summed E-state index contributed by atoms with van der Waals surface area (Å²) in [7, 11) is 0. The predicted octanol–water partition coefficient (Wildman–Crippen LogP) is -1.58. The minimum absolute atomic E-state index is 0.0781. The Hall–Kier alpha value is -1.59. The summed E-state index contributed by atoms with van der Waals surface area (Å²) >= 11 is 0. The number of rotatable bonds is 3. The average molecular weight is 172 g/mol. The van der Waals surface area contributed by atoms with Gasteiger partial charge in [-0.25, -0.2) is 0 Å². The van der Waals surface area contributed by atoms with Gasteiger partial charge in [0.2, 0.25) is 0 Å². The number of hydrogen-bond donors (Lipinski definition) is 3. The monoisotopic (exact) mass is 172 g/mol. The van der Waals surface area contributed by atoms with E-state index in [1.54, 1.807) is 0 Å². The maximum absolute atomic E-state index is 10.6. The van der Waals surface area contributed by atoms with Crippen LogP contribution in [0.1, 0.15) is 12.8 Å². The van der Waals surface area contributed by atoms with Gasteiger partial charge in [-0.1, -0.05) is 0 Å². The summed E-state index contributed by atoms with van der Waals surface area (Å²) in [5.41, 5.74) is 0. The molecule has 1 aliphatic heterocycles. The van der Waals surface area contributed by atoms with Crippen molar-refractivity contribution in [2.45, 2.75) is 19.0 Å². The predicted molar refractivity (Wildman–Crippen MR) is 36.9 cm³/mol. The molecule has 1 rings (SSSR count). The van der Waals surface area contributed by atoms with Crippen molar-refractivity contribution in [1.82, 2.24) is 10.6 Å². The van der Waals surface area contributed by atoms with Gasteiger partial charge in [0.15, 0.2) is 0 Å². The van der Waals surface area contributed by atoms with E-state index in [-0.39, 0.29) is 12.8 Å². The second-order valence-corrected chi connectivity index (χ2v) is 2.43. The van der Waals surface area contributed by atoms with Gasteiger partial charge in [-0.15, -0.1) is 0 Å². The molecular weight excluding hydrogens is 164 g/mol. The highest BCUT2D eigenvalue weighted by Gasteiger charge is 2.28. The van der Waals surface area contributed by atoms with Crippen LogP contribution in [0.2, 0.25) is 0 Å². The summed E-state index contributed by atoms with van der Waals surface area (Å²) in [5, 5.41) is 12.9. The topological polar surface area (TPSA) is 95.5 Å². The van der Waals surface area contributed by atoms with E-state index < -0.39 is 23.9 Å². The van der Waals surface area contributed by atoms with Crippen molar-refractivity contribution in [1.29, 1.82) is 0 Å². The number of nitrogens with one attached hydrogen (secondary N) is 2. The standard InChI is InChI=1S/C6H8N2O4/c9-4(10)2-1-3-7-5(11)6(12)8-3/h3H,1-2H2,(H,7,11)(H,8,12)(H,9,10). The highest BCUT2D eigenvalue weighted by Crippen LogP contribution is 1.98. The molecule has 0 aromatic rings. The van der Waals surface area contributed by atoms with Crippen molar-refractivity contribution in [3.05, 3.63) is 0 Å². The van der Waals surface area contributed by atoms with Crippen LogP contribution in [0.4, 0.5) is 0 Å². The van der Waals surface area contributed by atoms with Gasteiger partial charge in [0.1, 0.15) is 6.17 Å². The van der Waals surface area contributed by atoms with Gasteiger partial charge in [-0.05, 0) is 6.42 Å². The summed E-state index contributed by atoms with van der Waals surface area (Å²) in [6.07, 6.45) is -0.390. The van der Waals surface area contributed by atoms with Gasteiger partial charge in [0, 0.05) is 6.42 Å². The van der Waals surface area contributed by atoms with Crippen molar-refractivity contribution in [2.75, 3.05) is 0 Å². The molecule has 0 saturated carbocycles. The molecule has 0 atom stereocenters. The van der Waals surface area contributed by atoms with Crippen LogP contribution in [-0.2, 0) is 14.4 Å². The molecule has 0 bridgehead atoms. The Morgan fingerprint density at radius 3 is 2.25 bits per heavy atom. The third-order valence-corrected chi connectivity index (χ3v) is 1.46. The summed E-state index contributed by atoms with van der Waals surface area (Å²) < 4.78 is 0. The lowest BCUT2D eigenvalue weighted by Gasteiger charge is -2.06. The van der Waals surface area contributed by atoms with E-state index in [0.29, 0.717) is 0 Å². The van der Waals surface area contributed by atoms with Gasteiger partial charge in [0.05, 0.1) is 0 Å². The molecule has 0 unspecified atom stereocenters. The van der Waals surface area contributed by atoms with Gasteiger partial charge in [0.25, 0.3) is 0 Å². The minimum atomic E-state index is -0.953. The molecule has 1 fully saturated rings. The first-order chi connectivity index (χ1) is 5.59. The quantitative estimate of drug-likeness (QED) is 0.448. The number of carboxylic acids is 1. The lowest BCUT2D eigenvalue weighted by atomic mass is 10.2. The van der Waals surface area contributed by atoms with Crippen molar-refractivity contribution >= 4 is 17.8 Å². The van der Waals surface area contributed by atoms with E-state index in [0.717, 1.165) is 0 Å². The van der Waals surface area contributed by atoms with Gasteiger partial charge in [-0.2, -0.15) is 0 Å². The fraction of sp³-hybridized carbons (Fsp3) is 0.500. The Morgan fingerprint density at radius 1 is 1.33 bits per heavy atom. The zero-order valence-corrected chi connectivity index (χ0v) is 6.16. The molecular formula is C6H8N2O4. The van der Waals surface area contributed by atoms with Gasteiger partial charge >= 0.3 is 17.8 Å². The summed E-state index contributed by atoms with van der Waals surface area (Å²) in [6, 6.07) is 0. The fourth-order valence-corrected chi connectivity index (χ4v) is 0.896. The van der Waals surface area contributed by atoms with Crippen LogP contribution < -0.4 is 10.6 Å². The zero-order chi connectivity index (χ0) is 9.14. The zero-order valence-electron chi connectivity index (χ0n) is 6.16. The van der Waals surface area contributed by atoms with Gasteiger partial charge < -0.3 is 15.7 Å². The molecule has 6 nitrogen and oxygen atoms in total. The van der Waals surface area contributed by atoms with Crippen molar-refractivity contribution in [3.63, 3.8) is 0 Å². The molecule has 0 aliphatic carbocycles. The number of carboxylic acid groups (broad SMARTS) is 1. The first kappa shape index (κ1) is 8.51. The molecule has 2 amide bonds. The smallest absolute Gasteiger partial charge is 0.310 e. The van der Waals surface area contributed by atoms with E-state index >= 15 is 0 Å². The first-order valence-corrected chi connectivity index (χ1v) is 3.43. The normalized spacial score (nSPS) is 17.3. The Bertz CT molecular complexity index is 222. The maximum Gasteiger partial charge on any atom is 0.310 e. The van der Waals surface area contributed by atoms with Gasteiger partial charge in [-0.3, -0.25) is 14.4 Å². The molecule has 1 heterocycles. The summed E-state index contributed by atoms with van der Waals surface area (Å²) in [6.45, 7) is 0. The molecule has 0 radical (unpaired) electrons. The van der Waals surface area contributed by atoms with E-state index in [4.69, 9.17) is 5.11 Å². The summed E-state index contributed by atoms with van der Waals surface area (Å²) in [5.74, 6) is -2.36. The highest BCUT2D eigenvalue weighted by molar-refractivity contribution is 6.37. The van der Waals surface area contributed by atoms with Crippen LogP contribution in [-0.4, -0.2) is 29.1 Å². The van der Waals surface area contributed by atoms with Crippen LogP contribution >= 0.6 is 0 Å². The van der Waals surface area contributed by atoms with Crippen LogP contribution in [0.5, 0.6) is 0 Å². The van der Waals surface area contributed by atoms with Crippen molar-refractivity contribution in [2.24, 2.45) is 0 Å². The summed E-state index contributed by atoms with van der Waals surface area (Å²) in [4.78, 5) is 31.2. The average Bonchev–Trinajstić information content (AvgIpc) is 2.28. The molecule has 0 spiro atoms. The molecule has 66 valence electrons. The van der Waals surface area contributed by atoms with Crippen molar-refractivity contribution in [3.8, 4) is 0 Å². The number of hydrogen-bond acceptors (Lipinski definition) is 3. The van der Waals surface area contributed by atoms with Crippen LogP contribution in [0.3, 0.4) is 0 Å². The third-order valence-electron chi connectivity index (χ3n) is 1.46. The highest BCUT2D eigenvalue weighted by atomic mass is 16.4. The van der Waals surface area contributed by atoms with Crippen molar-refractivity contribution < 1.29 is 19.5 Å².